The van der Waals surface area contributed by atoms with Gasteiger partial charge in [0.1, 0.15) is 5.56 Å². The first-order valence-electron chi connectivity index (χ1n) is 7.13. The summed E-state index contributed by atoms with van der Waals surface area (Å²) in [5, 5.41) is 5.04. The normalized spacial score (nSPS) is 11.5. The Morgan fingerprint density at radius 2 is 1.88 bits per heavy atom. The van der Waals surface area contributed by atoms with Gasteiger partial charge in [-0.15, -0.1) is 0 Å². The molecule has 2 N–H and O–H groups in total. The molecule has 24 heavy (non-hydrogen) atoms. The Morgan fingerprint density at radius 1 is 1.25 bits per heavy atom. The fourth-order valence-electron chi connectivity index (χ4n) is 2.47. The third kappa shape index (κ3) is 3.11. The topological polar surface area (TPSA) is 103 Å². The molecule has 1 heterocycles. The Morgan fingerprint density at radius 3 is 2.38 bits per heavy atom. The molecule has 7 nitrogen and oxygen atoms in total. The number of ketones is 1. The van der Waals surface area contributed by atoms with Crippen LogP contribution in [0, 0.1) is 0 Å². The van der Waals surface area contributed by atoms with E-state index in [2.05, 4.69) is 10.2 Å². The largest absolute Gasteiger partial charge is 0.375 e. The number of anilines is 1. The zero-order valence-corrected chi connectivity index (χ0v) is 15.3. The van der Waals surface area contributed by atoms with Crippen molar-refractivity contribution < 1.29 is 13.2 Å². The Hall–Kier alpha value is -2.06. The van der Waals surface area contributed by atoms with Crippen LogP contribution >= 0.6 is 11.6 Å². The van der Waals surface area contributed by atoms with Crippen LogP contribution in [-0.2, 0) is 16.3 Å². The highest BCUT2D eigenvalue weighted by atomic mass is 35.5. The number of nitrogens with zero attached hydrogens (tertiary/aromatic N) is 1. The van der Waals surface area contributed by atoms with E-state index in [-0.39, 0.29) is 26.7 Å². The summed E-state index contributed by atoms with van der Waals surface area (Å²) in [6, 6.07) is 2.66. The molecule has 9 heteroatoms. The third-order valence-corrected chi connectivity index (χ3v) is 5.12. The van der Waals surface area contributed by atoms with Crippen LogP contribution in [0.4, 0.5) is 5.69 Å². The lowest BCUT2D eigenvalue weighted by molar-refractivity contribution is 0.103. The average molecular weight is 372 g/mol. The first kappa shape index (κ1) is 18.3. The number of hydrogen-bond acceptors (Lipinski definition) is 5. The van der Waals surface area contributed by atoms with Crippen LogP contribution in [-0.4, -0.2) is 44.7 Å². The summed E-state index contributed by atoms with van der Waals surface area (Å²) >= 11 is 6.33. The van der Waals surface area contributed by atoms with Crippen LogP contribution in [0.5, 0.6) is 0 Å². The number of rotatable bonds is 5. The van der Waals surface area contributed by atoms with Gasteiger partial charge in [0.15, 0.2) is 9.84 Å². The van der Waals surface area contributed by atoms with Crippen molar-refractivity contribution in [1.29, 1.82) is 0 Å². The molecular formula is C15H18ClN3O4S. The maximum atomic E-state index is 12.8. The van der Waals surface area contributed by atoms with Gasteiger partial charge < -0.3 is 10.00 Å². The maximum absolute atomic E-state index is 12.8. The summed E-state index contributed by atoms with van der Waals surface area (Å²) < 4.78 is 23.9. The Labute approximate surface area is 144 Å². The zero-order valence-electron chi connectivity index (χ0n) is 13.7. The van der Waals surface area contributed by atoms with Gasteiger partial charge in [-0.1, -0.05) is 18.5 Å². The standard InChI is InChI=1S/C15H18ClN3O4S/c1-5-9-11(15(21)18-17-9)14(20)8-6-7-10(24(4,22)23)13(12(8)16)19(2)3/h6-7H,5H2,1-4H3,(H2,17,18,21). The van der Waals surface area contributed by atoms with E-state index < -0.39 is 21.2 Å². The molecule has 0 aliphatic heterocycles. The van der Waals surface area contributed by atoms with Crippen LogP contribution in [0.2, 0.25) is 5.02 Å². The summed E-state index contributed by atoms with van der Waals surface area (Å²) in [6.45, 7) is 1.80. The van der Waals surface area contributed by atoms with Gasteiger partial charge in [-0.25, -0.2) is 8.42 Å². The van der Waals surface area contributed by atoms with Crippen LogP contribution in [0.3, 0.4) is 0 Å². The lowest BCUT2D eigenvalue weighted by atomic mass is 10.0. The predicted octanol–water partition coefficient (Wildman–Crippen LogP) is 1.62. The average Bonchev–Trinajstić information content (AvgIpc) is 2.85. The van der Waals surface area contributed by atoms with Crippen molar-refractivity contribution in [2.24, 2.45) is 0 Å². The molecule has 0 radical (unpaired) electrons. The fraction of sp³-hybridized carbons (Fsp3) is 0.333. The number of carbonyl (C=O) groups is 1. The number of H-pyrrole nitrogens is 2. The van der Waals surface area contributed by atoms with Crippen LogP contribution < -0.4 is 10.5 Å². The summed E-state index contributed by atoms with van der Waals surface area (Å²) in [5.74, 6) is -0.553. The van der Waals surface area contributed by atoms with Crippen LogP contribution in [0.25, 0.3) is 0 Å². The fourth-order valence-corrected chi connectivity index (χ4v) is 3.90. The van der Waals surface area contributed by atoms with E-state index in [9.17, 15) is 18.0 Å². The lowest BCUT2D eigenvalue weighted by Crippen LogP contribution is -2.19. The van der Waals surface area contributed by atoms with E-state index in [1.165, 1.54) is 17.0 Å². The third-order valence-electron chi connectivity index (χ3n) is 3.61. The molecule has 2 rings (SSSR count). The van der Waals surface area contributed by atoms with Crippen molar-refractivity contribution in [3.05, 3.63) is 44.3 Å². The number of aromatic nitrogens is 2. The first-order valence-corrected chi connectivity index (χ1v) is 9.40. The summed E-state index contributed by atoms with van der Waals surface area (Å²) in [5.41, 5.74) is 0.213. The first-order chi connectivity index (χ1) is 11.1. The van der Waals surface area contributed by atoms with Crippen LogP contribution in [0.1, 0.15) is 28.5 Å². The van der Waals surface area contributed by atoms with Crippen molar-refractivity contribution in [3.8, 4) is 0 Å². The molecule has 0 unspecified atom stereocenters. The minimum absolute atomic E-state index is 0.00409. The second-order valence-electron chi connectivity index (χ2n) is 5.56. The van der Waals surface area contributed by atoms with E-state index in [1.807, 2.05) is 0 Å². The molecule has 0 aliphatic rings. The lowest BCUT2D eigenvalue weighted by Gasteiger charge is -2.20. The smallest absolute Gasteiger partial charge is 0.275 e. The van der Waals surface area contributed by atoms with Gasteiger partial charge >= 0.3 is 0 Å². The van der Waals surface area contributed by atoms with Gasteiger partial charge in [-0.3, -0.25) is 14.7 Å². The number of nitrogens with one attached hydrogen (secondary N) is 2. The molecule has 0 atom stereocenters. The van der Waals surface area contributed by atoms with Gasteiger partial charge in [0.2, 0.25) is 5.78 Å². The molecule has 0 aliphatic carbocycles. The number of aryl methyl sites for hydroxylation is 1. The quantitative estimate of drug-likeness (QED) is 0.777. The molecule has 0 amide bonds. The van der Waals surface area contributed by atoms with Crippen molar-refractivity contribution in [2.75, 3.05) is 25.3 Å². The van der Waals surface area contributed by atoms with Gasteiger partial charge in [0.05, 0.1) is 15.6 Å². The van der Waals surface area contributed by atoms with Crippen LogP contribution in [0.15, 0.2) is 21.8 Å². The van der Waals surface area contributed by atoms with Crippen molar-refractivity contribution >= 4 is 32.9 Å². The van der Waals surface area contributed by atoms with Crippen molar-refractivity contribution in [2.45, 2.75) is 18.2 Å². The van der Waals surface area contributed by atoms with Crippen molar-refractivity contribution in [3.63, 3.8) is 0 Å². The second-order valence-corrected chi connectivity index (χ2v) is 7.92. The SMILES string of the molecule is CCc1[nH][nH]c(=O)c1C(=O)c1ccc(S(C)(=O)=O)c(N(C)C)c1Cl. The summed E-state index contributed by atoms with van der Waals surface area (Å²) in [4.78, 5) is 26.2. The van der Waals surface area contributed by atoms with E-state index in [1.54, 1.807) is 21.0 Å². The van der Waals surface area contributed by atoms with Gasteiger partial charge in [-0.05, 0) is 18.6 Å². The summed E-state index contributed by atoms with van der Waals surface area (Å²) in [7, 11) is -0.270. The van der Waals surface area contributed by atoms with Gasteiger partial charge in [-0.2, -0.15) is 0 Å². The minimum Gasteiger partial charge on any atom is -0.375 e. The zero-order chi connectivity index (χ0) is 18.2. The van der Waals surface area contributed by atoms with E-state index >= 15 is 0 Å². The highest BCUT2D eigenvalue weighted by Gasteiger charge is 2.26. The Kier molecular flexibility index (Phi) is 4.91. The number of sulfone groups is 1. The highest BCUT2D eigenvalue weighted by Crippen LogP contribution is 2.35. The monoisotopic (exact) mass is 371 g/mol. The molecule has 1 aromatic heterocycles. The number of carbonyl (C=O) groups excluding carboxylic acids is 1. The molecule has 0 saturated heterocycles. The molecule has 1 aromatic carbocycles. The van der Waals surface area contributed by atoms with E-state index in [0.717, 1.165) is 6.26 Å². The molecule has 0 fully saturated rings. The number of benzene rings is 1. The molecule has 0 bridgehead atoms. The number of aromatic amines is 2. The maximum Gasteiger partial charge on any atom is 0.275 e. The Bertz CT molecular complexity index is 958. The second kappa shape index (κ2) is 6.45. The molecule has 0 spiro atoms. The van der Waals surface area contributed by atoms with E-state index in [0.29, 0.717) is 12.1 Å². The van der Waals surface area contributed by atoms with Gasteiger partial charge in [0, 0.05) is 31.6 Å². The van der Waals surface area contributed by atoms with Crippen molar-refractivity contribution in [1.82, 2.24) is 10.2 Å². The molecule has 0 saturated carbocycles. The molecular weight excluding hydrogens is 354 g/mol. The summed E-state index contributed by atoms with van der Waals surface area (Å²) in [6.07, 6.45) is 1.53. The van der Waals surface area contributed by atoms with Gasteiger partial charge in [0.25, 0.3) is 5.56 Å². The number of halogens is 1. The predicted molar refractivity (Wildman–Crippen MR) is 93.1 cm³/mol. The molecule has 130 valence electrons. The number of hydrogen-bond donors (Lipinski definition) is 2. The Balaban J connectivity index is 2.73. The van der Waals surface area contributed by atoms with E-state index in [4.69, 9.17) is 11.6 Å². The highest BCUT2D eigenvalue weighted by molar-refractivity contribution is 7.90. The minimum atomic E-state index is -3.53. The molecule has 2 aromatic rings.